The molecule has 0 amide bonds. The zero-order valence-electron chi connectivity index (χ0n) is 12.6. The van der Waals surface area contributed by atoms with Crippen LogP contribution in [0.2, 0.25) is 0 Å². The number of nitrogens with zero attached hydrogens (tertiary/aromatic N) is 4. The van der Waals surface area contributed by atoms with Crippen LogP contribution >= 0.6 is 0 Å². The quantitative estimate of drug-likeness (QED) is 0.809. The number of hydrogen-bond acceptors (Lipinski definition) is 3. The van der Waals surface area contributed by atoms with E-state index in [0.29, 0.717) is 13.1 Å². The van der Waals surface area contributed by atoms with Crippen molar-refractivity contribution in [2.45, 2.75) is 45.0 Å². The first-order chi connectivity index (χ1) is 9.76. The molecule has 4 nitrogen and oxygen atoms in total. The highest BCUT2D eigenvalue weighted by molar-refractivity contribution is 5.69. The molecular weight excluding hydrogens is 274 g/mol. The fraction of sp³-hybridized carbons (Fsp3) is 0.600. The summed E-state index contributed by atoms with van der Waals surface area (Å²) in [6.45, 7) is 6.96. The lowest BCUT2D eigenvalue weighted by Crippen LogP contribution is -2.39. The van der Waals surface area contributed by atoms with E-state index < -0.39 is 5.92 Å². The minimum atomic E-state index is -2.54. The lowest BCUT2D eigenvalue weighted by Gasteiger charge is -2.32. The van der Waals surface area contributed by atoms with Crippen molar-refractivity contribution in [1.29, 1.82) is 0 Å². The molecule has 2 aromatic heterocycles. The number of rotatable bonds is 1. The maximum absolute atomic E-state index is 13.3. The van der Waals surface area contributed by atoms with Gasteiger partial charge in [0.2, 0.25) is 0 Å². The Kier molecular flexibility index (Phi) is 3.15. The van der Waals surface area contributed by atoms with Crippen LogP contribution < -0.4 is 4.90 Å². The standard InChI is InChI=1S/C15H20F2N4/c1-14(2,3)12-10-11-13(18-6-9-21(11)19-12)20-7-4-15(16,17)5-8-20/h6,9-10H,4-5,7-8H2,1-3H3. The molecule has 0 atom stereocenters. The smallest absolute Gasteiger partial charge is 0.251 e. The third-order valence-corrected chi connectivity index (χ3v) is 3.93. The van der Waals surface area contributed by atoms with Gasteiger partial charge < -0.3 is 4.90 Å². The van der Waals surface area contributed by atoms with Crippen LogP contribution in [0.15, 0.2) is 18.5 Å². The predicted molar refractivity (Wildman–Crippen MR) is 78.1 cm³/mol. The maximum Gasteiger partial charge on any atom is 0.251 e. The van der Waals surface area contributed by atoms with Crippen LogP contribution in [0.3, 0.4) is 0 Å². The van der Waals surface area contributed by atoms with E-state index in [1.165, 1.54) is 0 Å². The molecule has 21 heavy (non-hydrogen) atoms. The van der Waals surface area contributed by atoms with Gasteiger partial charge in [-0.1, -0.05) is 20.8 Å². The summed E-state index contributed by atoms with van der Waals surface area (Å²) in [5.74, 6) is -1.80. The van der Waals surface area contributed by atoms with Crippen molar-refractivity contribution in [2.24, 2.45) is 0 Å². The number of piperidine rings is 1. The summed E-state index contributed by atoms with van der Waals surface area (Å²) in [4.78, 5) is 6.33. The first kappa shape index (κ1) is 14.2. The van der Waals surface area contributed by atoms with E-state index in [0.717, 1.165) is 17.0 Å². The topological polar surface area (TPSA) is 33.4 Å². The number of aromatic nitrogens is 3. The molecular formula is C15H20F2N4. The Bertz CT molecular complexity index is 647. The molecule has 1 fully saturated rings. The lowest BCUT2D eigenvalue weighted by molar-refractivity contribution is -0.0221. The second kappa shape index (κ2) is 4.64. The summed E-state index contributed by atoms with van der Waals surface area (Å²) in [6, 6.07) is 2.01. The van der Waals surface area contributed by atoms with Gasteiger partial charge in [0, 0.05) is 43.7 Å². The molecule has 0 saturated carbocycles. The van der Waals surface area contributed by atoms with Crippen molar-refractivity contribution >= 4 is 11.3 Å². The minimum Gasteiger partial charge on any atom is -0.354 e. The summed E-state index contributed by atoms with van der Waals surface area (Å²) in [7, 11) is 0. The molecule has 0 aliphatic carbocycles. The van der Waals surface area contributed by atoms with Crippen molar-refractivity contribution in [3.8, 4) is 0 Å². The Morgan fingerprint density at radius 3 is 2.48 bits per heavy atom. The molecule has 6 heteroatoms. The van der Waals surface area contributed by atoms with Gasteiger partial charge in [-0.15, -0.1) is 0 Å². The Hall–Kier alpha value is -1.72. The summed E-state index contributed by atoms with van der Waals surface area (Å²) in [5, 5.41) is 4.57. The summed E-state index contributed by atoms with van der Waals surface area (Å²) < 4.78 is 28.4. The summed E-state index contributed by atoms with van der Waals surface area (Å²) in [6.07, 6.45) is 3.24. The summed E-state index contributed by atoms with van der Waals surface area (Å²) >= 11 is 0. The minimum absolute atomic E-state index is 0.0573. The predicted octanol–water partition coefficient (Wildman–Crippen LogP) is 3.26. The van der Waals surface area contributed by atoms with Crippen LogP contribution in [-0.4, -0.2) is 33.6 Å². The van der Waals surface area contributed by atoms with Gasteiger partial charge in [-0.3, -0.25) is 0 Å². The molecule has 0 aromatic carbocycles. The number of hydrogen-bond donors (Lipinski definition) is 0. The summed E-state index contributed by atoms with van der Waals surface area (Å²) in [5.41, 5.74) is 1.80. The van der Waals surface area contributed by atoms with Crippen LogP contribution in [-0.2, 0) is 5.41 Å². The van der Waals surface area contributed by atoms with E-state index in [1.54, 1.807) is 16.9 Å². The second-order valence-corrected chi connectivity index (χ2v) is 6.70. The molecule has 2 aromatic rings. The van der Waals surface area contributed by atoms with Gasteiger partial charge in [0.1, 0.15) is 5.52 Å². The average Bonchev–Trinajstić information content (AvgIpc) is 2.82. The van der Waals surface area contributed by atoms with Gasteiger partial charge in [0.05, 0.1) is 5.69 Å². The van der Waals surface area contributed by atoms with E-state index >= 15 is 0 Å². The second-order valence-electron chi connectivity index (χ2n) is 6.70. The largest absolute Gasteiger partial charge is 0.354 e. The molecule has 1 aliphatic rings. The van der Waals surface area contributed by atoms with Crippen LogP contribution in [0.1, 0.15) is 39.3 Å². The van der Waals surface area contributed by atoms with Gasteiger partial charge in [-0.25, -0.2) is 18.3 Å². The monoisotopic (exact) mass is 294 g/mol. The third-order valence-electron chi connectivity index (χ3n) is 3.93. The molecule has 3 rings (SSSR count). The van der Waals surface area contributed by atoms with Gasteiger partial charge >= 0.3 is 0 Å². The number of fused-ring (bicyclic) bond motifs is 1. The molecule has 3 heterocycles. The zero-order chi connectivity index (χ0) is 15.3. The Morgan fingerprint density at radius 2 is 1.86 bits per heavy atom. The van der Waals surface area contributed by atoms with Crippen molar-refractivity contribution in [1.82, 2.24) is 14.6 Å². The number of halogens is 2. The van der Waals surface area contributed by atoms with E-state index in [1.807, 2.05) is 11.0 Å². The highest BCUT2D eigenvalue weighted by Gasteiger charge is 2.35. The Labute approximate surface area is 122 Å². The molecule has 0 N–H and O–H groups in total. The van der Waals surface area contributed by atoms with Gasteiger partial charge in [0.25, 0.3) is 5.92 Å². The molecule has 114 valence electrons. The van der Waals surface area contributed by atoms with Gasteiger partial charge in [-0.2, -0.15) is 5.10 Å². The maximum atomic E-state index is 13.3. The molecule has 0 bridgehead atoms. The normalized spacial score (nSPS) is 19.2. The number of alkyl halides is 2. The number of anilines is 1. The van der Waals surface area contributed by atoms with Crippen LogP contribution in [0.4, 0.5) is 14.6 Å². The fourth-order valence-electron chi connectivity index (χ4n) is 2.56. The molecule has 0 unspecified atom stereocenters. The molecule has 1 aliphatic heterocycles. The van der Waals surface area contributed by atoms with Gasteiger partial charge in [-0.05, 0) is 6.07 Å². The van der Waals surface area contributed by atoms with Crippen molar-refractivity contribution < 1.29 is 8.78 Å². The van der Waals surface area contributed by atoms with Crippen LogP contribution in [0.5, 0.6) is 0 Å². The molecule has 1 saturated heterocycles. The van der Waals surface area contributed by atoms with E-state index in [4.69, 9.17) is 0 Å². The van der Waals surface area contributed by atoms with E-state index in [2.05, 4.69) is 30.9 Å². The molecule has 0 spiro atoms. The SMILES string of the molecule is CC(C)(C)c1cc2c(N3CCC(F)(F)CC3)nccn2n1. The molecule has 0 radical (unpaired) electrons. The van der Waals surface area contributed by atoms with Crippen molar-refractivity contribution in [3.05, 3.63) is 24.2 Å². The lowest BCUT2D eigenvalue weighted by atomic mass is 9.92. The first-order valence-corrected chi connectivity index (χ1v) is 7.24. The zero-order valence-corrected chi connectivity index (χ0v) is 12.6. The average molecular weight is 294 g/mol. The van der Waals surface area contributed by atoms with E-state index in [-0.39, 0.29) is 18.3 Å². The first-order valence-electron chi connectivity index (χ1n) is 7.24. The van der Waals surface area contributed by atoms with Gasteiger partial charge in [0.15, 0.2) is 5.82 Å². The van der Waals surface area contributed by atoms with Crippen molar-refractivity contribution in [2.75, 3.05) is 18.0 Å². The highest BCUT2D eigenvalue weighted by atomic mass is 19.3. The Morgan fingerprint density at radius 1 is 1.19 bits per heavy atom. The van der Waals surface area contributed by atoms with Crippen LogP contribution in [0.25, 0.3) is 5.52 Å². The van der Waals surface area contributed by atoms with E-state index in [9.17, 15) is 8.78 Å². The Balaban J connectivity index is 1.98. The van der Waals surface area contributed by atoms with Crippen LogP contribution in [0, 0.1) is 0 Å². The fourth-order valence-corrected chi connectivity index (χ4v) is 2.56. The third kappa shape index (κ3) is 2.71. The highest BCUT2D eigenvalue weighted by Crippen LogP contribution is 2.32. The van der Waals surface area contributed by atoms with Crippen molar-refractivity contribution in [3.63, 3.8) is 0 Å².